The number of nitrogens with one attached hydrogen (secondary N) is 7. The summed E-state index contributed by atoms with van der Waals surface area (Å²) >= 11 is 0. The Morgan fingerprint density at radius 3 is 1.65 bits per heavy atom. The van der Waals surface area contributed by atoms with E-state index in [9.17, 15) is 68.4 Å². The summed E-state index contributed by atoms with van der Waals surface area (Å²) in [7, 11) is 0. The summed E-state index contributed by atoms with van der Waals surface area (Å²) in [5.41, 5.74) is 27.9. The molecule has 83 heavy (non-hydrogen) atoms. The zero-order chi connectivity index (χ0) is 61.0. The first-order valence-electron chi connectivity index (χ1n) is 26.5. The summed E-state index contributed by atoms with van der Waals surface area (Å²) < 4.78 is 0. The predicted octanol–water partition coefficient (Wildman–Crippen LogP) is -5.11. The number of benzene rings is 1. The maximum atomic E-state index is 14.0. The minimum Gasteiger partial charge on any atom is -0.480 e. The fraction of sp³-hybridized carbons (Fsp3) is 0.531. The van der Waals surface area contributed by atoms with Crippen molar-refractivity contribution in [3.63, 3.8) is 0 Å². The molecule has 1 fully saturated rings. The molecule has 21 N–H and O–H groups in total. The standard InChI is InChI=1S/C49H74N20O14/c50-47(51)56-15-3-6-31(61-35(70)13-12-34(46(82)83)63-41(76)28-8-10-29(11-9-28)58-23-30-24-59-40-39(60-30)44(79)66-49(54)65-40)42(77)62-32(7-4-16-57-48(52)53)43(78)64-33(45(80)81)5-1-2-14-55-36(71)25-67-17-19-68(26-37(72)73)21-22-69(20-18-67)27-38(74)75/h8-11,24,31-34,58H,1-7,12-23,25-27H2,(H,55,71)(H,61,70)(H,62,77)(H,63,76)(H,64,78)(H,72,73)(H,74,75)(H,80,81)(H,82,83)(H4,50,51,56)(H4,52,53,57)(H3,54,59,65,66,79)/t31-,32-,33-,34-/m0/s1. The van der Waals surface area contributed by atoms with Crippen LogP contribution >= 0.6 is 0 Å². The van der Waals surface area contributed by atoms with Gasteiger partial charge in [-0.25, -0.2) is 19.6 Å². The van der Waals surface area contributed by atoms with E-state index in [0.717, 1.165) is 0 Å². The van der Waals surface area contributed by atoms with Crippen molar-refractivity contribution in [3.05, 3.63) is 52.1 Å². The van der Waals surface area contributed by atoms with Gasteiger partial charge < -0.3 is 81.0 Å². The summed E-state index contributed by atoms with van der Waals surface area (Å²) in [6.07, 6.45) is 0.964. The lowest BCUT2D eigenvalue weighted by molar-refractivity contribution is -0.142. The van der Waals surface area contributed by atoms with Gasteiger partial charge in [0.25, 0.3) is 11.5 Å². The molecule has 34 nitrogen and oxygen atoms in total. The molecule has 4 atom stereocenters. The van der Waals surface area contributed by atoms with Crippen LogP contribution in [0.25, 0.3) is 11.2 Å². The molecule has 2 aromatic heterocycles. The monoisotopic (exact) mass is 1170 g/mol. The van der Waals surface area contributed by atoms with Crippen LogP contribution in [0.3, 0.4) is 0 Å². The van der Waals surface area contributed by atoms with Crippen molar-refractivity contribution < 1.29 is 63.6 Å². The third-order valence-electron chi connectivity index (χ3n) is 12.7. The zero-order valence-electron chi connectivity index (χ0n) is 45.6. The summed E-state index contributed by atoms with van der Waals surface area (Å²) in [5, 5.41) is 54.6. The van der Waals surface area contributed by atoms with E-state index in [1.807, 2.05) is 0 Å². The van der Waals surface area contributed by atoms with Crippen LogP contribution in [0.5, 0.6) is 0 Å². The van der Waals surface area contributed by atoms with E-state index >= 15 is 0 Å². The molecule has 3 aromatic rings. The number of aromatic nitrogens is 4. The highest BCUT2D eigenvalue weighted by Gasteiger charge is 2.31. The topological polar surface area (TPSA) is 543 Å². The second kappa shape index (κ2) is 34.1. The number of hydrogen-bond acceptors (Lipinski definition) is 20. The van der Waals surface area contributed by atoms with Crippen LogP contribution in [0, 0.1) is 0 Å². The number of carbonyl (C=O) groups is 9. The first-order valence-corrected chi connectivity index (χ1v) is 26.5. The maximum Gasteiger partial charge on any atom is 0.326 e. The van der Waals surface area contributed by atoms with Crippen LogP contribution < -0.4 is 66.1 Å². The molecule has 0 saturated carbocycles. The highest BCUT2D eigenvalue weighted by atomic mass is 16.4. The van der Waals surface area contributed by atoms with Crippen LogP contribution in [-0.4, -0.2) is 223 Å². The number of rotatable bonds is 34. The average Bonchev–Trinajstić information content (AvgIpc) is 3.69. The molecule has 454 valence electrons. The molecule has 0 aliphatic carbocycles. The van der Waals surface area contributed by atoms with E-state index in [1.54, 1.807) is 26.8 Å². The van der Waals surface area contributed by atoms with Crippen molar-refractivity contribution in [2.75, 3.05) is 89.6 Å². The first kappa shape index (κ1) is 66.2. The highest BCUT2D eigenvalue weighted by molar-refractivity contribution is 5.97. The van der Waals surface area contributed by atoms with Gasteiger partial charge in [-0.05, 0) is 75.6 Å². The number of hydrogen-bond donors (Lipinski definition) is 16. The van der Waals surface area contributed by atoms with Crippen LogP contribution in [-0.2, 0) is 44.9 Å². The summed E-state index contributed by atoms with van der Waals surface area (Å²) in [4.78, 5) is 155. The number of anilines is 2. The van der Waals surface area contributed by atoms with Gasteiger partial charge in [-0.15, -0.1) is 0 Å². The number of aliphatic imine (C=N–C) groups is 2. The number of nitrogens with two attached hydrogens (primary N) is 5. The van der Waals surface area contributed by atoms with Crippen molar-refractivity contribution in [2.24, 2.45) is 32.9 Å². The number of carboxylic acid groups (broad SMARTS) is 4. The van der Waals surface area contributed by atoms with Gasteiger partial charge >= 0.3 is 23.9 Å². The van der Waals surface area contributed by atoms with Crippen molar-refractivity contribution in [1.29, 1.82) is 0 Å². The predicted molar refractivity (Wildman–Crippen MR) is 299 cm³/mol. The fourth-order valence-corrected chi connectivity index (χ4v) is 8.38. The van der Waals surface area contributed by atoms with Crippen LogP contribution in [0.15, 0.2) is 45.2 Å². The maximum absolute atomic E-state index is 14.0. The number of amides is 5. The minimum atomic E-state index is -1.56. The molecule has 0 bridgehead atoms. The van der Waals surface area contributed by atoms with E-state index in [4.69, 9.17) is 28.7 Å². The Hall–Kier alpha value is -9.31. The SMILES string of the molecule is NC(N)=NCCC[C@H](NC(=O)CC[C@H](NC(=O)c1ccc(NCc2cnc3nc(N)[nH]c(=O)c3n2)cc1)C(=O)O)C(=O)N[C@@H](CCCN=C(N)N)C(=O)N[C@@H](CCCCNC(=O)CN1CCN(CC(=O)O)CCN(CC(=O)O)CC1)C(=O)O. The molecule has 3 heterocycles. The molecule has 0 radical (unpaired) electrons. The number of unbranched alkanes of at least 4 members (excludes halogenated alkanes) is 1. The van der Waals surface area contributed by atoms with Crippen molar-refractivity contribution in [3.8, 4) is 0 Å². The lowest BCUT2D eigenvalue weighted by atomic mass is 10.0. The molecule has 34 heteroatoms. The number of H-pyrrole nitrogens is 1. The number of carbonyl (C=O) groups excluding carboxylic acids is 5. The third kappa shape index (κ3) is 24.9. The Kier molecular flexibility index (Phi) is 27.2. The Morgan fingerprint density at radius 1 is 0.614 bits per heavy atom. The number of nitrogen functional groups attached to an aromatic ring is 1. The molecule has 1 aliphatic heterocycles. The number of aliphatic carboxylic acids is 4. The second-order valence-corrected chi connectivity index (χ2v) is 19.3. The summed E-state index contributed by atoms with van der Waals surface area (Å²) in [6, 6.07) is 0.166. The Bertz CT molecular complexity index is 2820. The van der Waals surface area contributed by atoms with Gasteiger partial charge in [0.1, 0.15) is 24.2 Å². The Morgan fingerprint density at radius 2 is 1.12 bits per heavy atom. The van der Waals surface area contributed by atoms with Gasteiger partial charge in [-0.3, -0.25) is 68.0 Å². The van der Waals surface area contributed by atoms with E-state index in [-0.39, 0.29) is 125 Å². The van der Waals surface area contributed by atoms with Crippen LogP contribution in [0.2, 0.25) is 0 Å². The normalized spacial score (nSPS) is 14.6. The second-order valence-electron chi connectivity index (χ2n) is 19.3. The largest absolute Gasteiger partial charge is 0.480 e. The lowest BCUT2D eigenvalue weighted by Gasteiger charge is -2.25. The van der Waals surface area contributed by atoms with Gasteiger partial charge in [-0.1, -0.05) is 0 Å². The van der Waals surface area contributed by atoms with E-state index in [1.165, 1.54) is 18.3 Å². The summed E-state index contributed by atoms with van der Waals surface area (Å²) in [5.74, 6) is -9.24. The number of fused-ring (bicyclic) bond motifs is 1. The molecular weight excluding hydrogens is 1090 g/mol. The number of aromatic amines is 1. The van der Waals surface area contributed by atoms with Gasteiger partial charge in [-0.2, -0.15) is 4.98 Å². The van der Waals surface area contributed by atoms with E-state index in [0.29, 0.717) is 57.1 Å². The number of guanidine groups is 2. The molecule has 0 spiro atoms. The Balaban J connectivity index is 1.33. The molecular formula is C49H74N20O14. The Labute approximate surface area is 474 Å². The van der Waals surface area contributed by atoms with Crippen LogP contribution in [0.1, 0.15) is 73.8 Å². The molecule has 4 rings (SSSR count). The van der Waals surface area contributed by atoms with Crippen molar-refractivity contribution in [2.45, 2.75) is 88.5 Å². The quantitative estimate of drug-likeness (QED) is 0.0151. The van der Waals surface area contributed by atoms with Gasteiger partial charge in [0.2, 0.25) is 29.6 Å². The highest BCUT2D eigenvalue weighted by Crippen LogP contribution is 2.14. The molecule has 1 saturated heterocycles. The van der Waals surface area contributed by atoms with Gasteiger partial charge in [0, 0.05) is 76.6 Å². The van der Waals surface area contributed by atoms with Crippen molar-refractivity contribution in [1.82, 2.24) is 61.2 Å². The fourth-order valence-electron chi connectivity index (χ4n) is 8.38. The zero-order valence-corrected chi connectivity index (χ0v) is 45.6. The van der Waals surface area contributed by atoms with Crippen LogP contribution in [0.4, 0.5) is 11.6 Å². The molecule has 5 amide bonds. The van der Waals surface area contributed by atoms with E-state index < -0.39 is 90.1 Å². The third-order valence-corrected chi connectivity index (χ3v) is 12.7. The smallest absolute Gasteiger partial charge is 0.326 e. The van der Waals surface area contributed by atoms with Gasteiger partial charge in [0.15, 0.2) is 23.1 Å². The van der Waals surface area contributed by atoms with Gasteiger partial charge in [0.05, 0.1) is 38.1 Å². The minimum absolute atomic E-state index is 0.0104. The number of carboxylic acids is 4. The van der Waals surface area contributed by atoms with E-state index in [2.05, 4.69) is 61.8 Å². The molecule has 1 aliphatic rings. The average molecular weight is 1170 g/mol. The molecule has 1 aromatic carbocycles. The van der Waals surface area contributed by atoms with Crippen molar-refractivity contribution >= 4 is 88.1 Å². The lowest BCUT2D eigenvalue weighted by Crippen LogP contribution is -2.55. The summed E-state index contributed by atoms with van der Waals surface area (Å²) in [6.45, 7) is 1.76. The first-order chi connectivity index (χ1) is 39.4. The molecule has 0 unspecified atom stereocenters. The number of nitrogens with zero attached hydrogens (tertiary/aromatic N) is 8.